The molecule has 1 heterocycles. The van der Waals surface area contributed by atoms with Crippen molar-refractivity contribution in [3.8, 4) is 5.75 Å². The zero-order chi connectivity index (χ0) is 13.5. The van der Waals surface area contributed by atoms with Gasteiger partial charge in [0, 0.05) is 12.6 Å². The Balaban J connectivity index is 1.77. The van der Waals surface area contributed by atoms with Gasteiger partial charge in [-0.05, 0) is 57.6 Å². The normalized spacial score (nSPS) is 20.4. The van der Waals surface area contributed by atoms with Crippen molar-refractivity contribution in [3.05, 3.63) is 29.8 Å². The van der Waals surface area contributed by atoms with E-state index in [1.54, 1.807) is 0 Å². The molecule has 3 nitrogen and oxygen atoms in total. The second kappa shape index (κ2) is 7.51. The van der Waals surface area contributed by atoms with Gasteiger partial charge in [0.05, 0.1) is 6.61 Å². The predicted molar refractivity (Wildman–Crippen MR) is 79.6 cm³/mol. The van der Waals surface area contributed by atoms with Gasteiger partial charge in [0.15, 0.2) is 0 Å². The van der Waals surface area contributed by atoms with Gasteiger partial charge in [-0.2, -0.15) is 0 Å². The summed E-state index contributed by atoms with van der Waals surface area (Å²) in [5.74, 6) is 0.992. The van der Waals surface area contributed by atoms with Gasteiger partial charge in [0.2, 0.25) is 0 Å². The van der Waals surface area contributed by atoms with E-state index in [-0.39, 0.29) is 0 Å². The Labute approximate surface area is 116 Å². The van der Waals surface area contributed by atoms with Crippen LogP contribution < -0.4 is 10.1 Å². The summed E-state index contributed by atoms with van der Waals surface area (Å²) in [5, 5.41) is 3.16. The highest BCUT2D eigenvalue weighted by Crippen LogP contribution is 2.19. The second-order valence-electron chi connectivity index (χ2n) is 5.45. The average Bonchev–Trinajstić information content (AvgIpc) is 2.42. The molecule has 2 rings (SSSR count). The van der Waals surface area contributed by atoms with E-state index in [0.29, 0.717) is 6.04 Å². The number of benzene rings is 1. The van der Waals surface area contributed by atoms with E-state index in [9.17, 15) is 0 Å². The molecule has 0 aliphatic carbocycles. The molecule has 1 N–H and O–H groups in total. The maximum Gasteiger partial charge on any atom is 0.119 e. The van der Waals surface area contributed by atoms with Crippen LogP contribution in [0.15, 0.2) is 24.3 Å². The van der Waals surface area contributed by atoms with Gasteiger partial charge >= 0.3 is 0 Å². The number of likely N-dealkylation sites (tertiary alicyclic amines) is 1. The van der Waals surface area contributed by atoms with Crippen LogP contribution in [0.3, 0.4) is 0 Å². The standard InChI is InChI=1S/C16H26N2O/c1-17-13-14-6-5-8-16(12-14)19-11-9-15-7-3-4-10-18(15)2/h5-6,8,12,15,17H,3-4,7,9-11,13H2,1-2H3. The lowest BCUT2D eigenvalue weighted by atomic mass is 10.0. The number of nitrogens with one attached hydrogen (secondary N) is 1. The number of hydrogen-bond donors (Lipinski definition) is 1. The maximum atomic E-state index is 5.89. The lowest BCUT2D eigenvalue weighted by molar-refractivity contribution is 0.153. The Morgan fingerprint density at radius 1 is 1.37 bits per heavy atom. The van der Waals surface area contributed by atoms with Crippen LogP contribution in [0.2, 0.25) is 0 Å². The highest BCUT2D eigenvalue weighted by Gasteiger charge is 2.18. The van der Waals surface area contributed by atoms with Gasteiger partial charge < -0.3 is 15.0 Å². The Kier molecular flexibility index (Phi) is 5.67. The molecular weight excluding hydrogens is 236 g/mol. The van der Waals surface area contributed by atoms with E-state index in [1.165, 1.54) is 31.4 Å². The minimum Gasteiger partial charge on any atom is -0.494 e. The first-order valence-electron chi connectivity index (χ1n) is 7.36. The summed E-state index contributed by atoms with van der Waals surface area (Å²) in [4.78, 5) is 2.48. The fourth-order valence-electron chi connectivity index (χ4n) is 2.77. The summed E-state index contributed by atoms with van der Waals surface area (Å²) >= 11 is 0. The number of ether oxygens (including phenoxy) is 1. The van der Waals surface area contributed by atoms with Gasteiger partial charge in [-0.3, -0.25) is 0 Å². The van der Waals surface area contributed by atoms with Gasteiger partial charge in [0.25, 0.3) is 0 Å². The lowest BCUT2D eigenvalue weighted by Crippen LogP contribution is -2.37. The molecule has 0 saturated carbocycles. The zero-order valence-corrected chi connectivity index (χ0v) is 12.2. The van der Waals surface area contributed by atoms with Crippen LogP contribution in [0.25, 0.3) is 0 Å². The molecule has 1 aromatic rings. The molecule has 1 fully saturated rings. The van der Waals surface area contributed by atoms with Crippen molar-refractivity contribution in [1.29, 1.82) is 0 Å². The minimum atomic E-state index is 0.703. The summed E-state index contributed by atoms with van der Waals surface area (Å²) in [6.45, 7) is 2.95. The second-order valence-corrected chi connectivity index (χ2v) is 5.45. The fourth-order valence-corrected chi connectivity index (χ4v) is 2.77. The van der Waals surface area contributed by atoms with E-state index in [0.717, 1.165) is 25.3 Å². The van der Waals surface area contributed by atoms with E-state index < -0.39 is 0 Å². The van der Waals surface area contributed by atoms with Crippen molar-refractivity contribution in [2.75, 3.05) is 27.2 Å². The highest BCUT2D eigenvalue weighted by molar-refractivity contribution is 5.28. The Bertz CT molecular complexity index is 381. The first kappa shape index (κ1) is 14.4. The van der Waals surface area contributed by atoms with Crippen LogP contribution >= 0.6 is 0 Å². The molecular formula is C16H26N2O. The molecule has 0 radical (unpaired) electrons. The zero-order valence-electron chi connectivity index (χ0n) is 12.2. The van der Waals surface area contributed by atoms with Crippen molar-refractivity contribution < 1.29 is 4.74 Å². The van der Waals surface area contributed by atoms with Gasteiger partial charge in [-0.1, -0.05) is 18.6 Å². The van der Waals surface area contributed by atoms with Crippen molar-refractivity contribution in [3.63, 3.8) is 0 Å². The number of piperidine rings is 1. The largest absolute Gasteiger partial charge is 0.494 e. The maximum absolute atomic E-state index is 5.89. The Morgan fingerprint density at radius 2 is 2.26 bits per heavy atom. The summed E-state index contributed by atoms with van der Waals surface area (Å²) in [7, 11) is 4.20. The van der Waals surface area contributed by atoms with Crippen molar-refractivity contribution in [2.24, 2.45) is 0 Å². The smallest absolute Gasteiger partial charge is 0.119 e. The first-order valence-corrected chi connectivity index (χ1v) is 7.36. The lowest BCUT2D eigenvalue weighted by Gasteiger charge is -2.32. The van der Waals surface area contributed by atoms with Crippen molar-refractivity contribution >= 4 is 0 Å². The summed E-state index contributed by atoms with van der Waals surface area (Å²) in [6, 6.07) is 9.06. The Morgan fingerprint density at radius 3 is 3.05 bits per heavy atom. The third-order valence-corrected chi connectivity index (χ3v) is 3.92. The topological polar surface area (TPSA) is 24.5 Å². The van der Waals surface area contributed by atoms with Gasteiger partial charge in [-0.15, -0.1) is 0 Å². The molecule has 3 heteroatoms. The van der Waals surface area contributed by atoms with Crippen LogP contribution in [-0.4, -0.2) is 38.2 Å². The van der Waals surface area contributed by atoms with E-state index in [4.69, 9.17) is 4.74 Å². The van der Waals surface area contributed by atoms with E-state index in [2.05, 4.69) is 35.5 Å². The van der Waals surface area contributed by atoms with Crippen LogP contribution in [0.5, 0.6) is 5.75 Å². The van der Waals surface area contributed by atoms with Crippen LogP contribution in [0, 0.1) is 0 Å². The molecule has 106 valence electrons. The molecule has 1 aromatic carbocycles. The van der Waals surface area contributed by atoms with Crippen molar-refractivity contribution in [1.82, 2.24) is 10.2 Å². The first-order chi connectivity index (χ1) is 9.29. The minimum absolute atomic E-state index is 0.703. The van der Waals surface area contributed by atoms with E-state index >= 15 is 0 Å². The van der Waals surface area contributed by atoms with Gasteiger partial charge in [-0.25, -0.2) is 0 Å². The van der Waals surface area contributed by atoms with E-state index in [1.807, 2.05) is 13.1 Å². The molecule has 1 aliphatic heterocycles. The quantitative estimate of drug-likeness (QED) is 0.853. The third kappa shape index (κ3) is 4.51. The molecule has 0 bridgehead atoms. The monoisotopic (exact) mass is 262 g/mol. The van der Waals surface area contributed by atoms with Crippen LogP contribution in [-0.2, 0) is 6.54 Å². The molecule has 0 spiro atoms. The highest BCUT2D eigenvalue weighted by atomic mass is 16.5. The number of nitrogens with zero attached hydrogens (tertiary/aromatic N) is 1. The van der Waals surface area contributed by atoms with Crippen molar-refractivity contribution in [2.45, 2.75) is 38.3 Å². The Hall–Kier alpha value is -1.06. The molecule has 0 aromatic heterocycles. The molecule has 19 heavy (non-hydrogen) atoms. The molecule has 1 aliphatic rings. The summed E-state index contributed by atoms with van der Waals surface area (Å²) in [6.07, 6.45) is 5.17. The van der Waals surface area contributed by atoms with Crippen LogP contribution in [0.4, 0.5) is 0 Å². The SMILES string of the molecule is CNCc1cccc(OCCC2CCCCN2C)c1. The summed E-state index contributed by atoms with van der Waals surface area (Å²) in [5.41, 5.74) is 1.27. The molecule has 0 amide bonds. The van der Waals surface area contributed by atoms with Crippen LogP contribution in [0.1, 0.15) is 31.2 Å². The molecule has 1 unspecified atom stereocenters. The number of hydrogen-bond acceptors (Lipinski definition) is 3. The third-order valence-electron chi connectivity index (χ3n) is 3.92. The molecule has 1 saturated heterocycles. The number of rotatable bonds is 6. The fraction of sp³-hybridized carbons (Fsp3) is 0.625. The predicted octanol–water partition coefficient (Wildman–Crippen LogP) is 2.66. The average molecular weight is 262 g/mol. The van der Waals surface area contributed by atoms with Gasteiger partial charge in [0.1, 0.15) is 5.75 Å². The summed E-state index contributed by atoms with van der Waals surface area (Å²) < 4.78 is 5.89. The molecule has 1 atom stereocenters.